The first-order valence-corrected chi connectivity index (χ1v) is 6.57. The van der Waals surface area contributed by atoms with Crippen LogP contribution in [0.2, 0.25) is 0 Å². The molecule has 0 aliphatic carbocycles. The molecule has 0 fully saturated rings. The minimum absolute atomic E-state index is 0.0519. The fraction of sp³-hybridized carbons (Fsp3) is 0.571. The first-order valence-electron chi connectivity index (χ1n) is 6.57. The van der Waals surface area contributed by atoms with E-state index in [1.54, 1.807) is 0 Å². The number of hydrogen-bond acceptors (Lipinski definition) is 3. The van der Waals surface area contributed by atoms with Gasteiger partial charge in [-0.1, -0.05) is 19.4 Å². The predicted molar refractivity (Wildman–Crippen MR) is 73.2 cm³/mol. The molecule has 1 rings (SSSR count). The minimum atomic E-state index is -0.191. The van der Waals surface area contributed by atoms with E-state index in [2.05, 4.69) is 22.5 Å². The van der Waals surface area contributed by atoms with Crippen LogP contribution in [0.4, 0.5) is 0 Å². The molecule has 1 aromatic rings. The molecule has 0 aliphatic rings. The van der Waals surface area contributed by atoms with Crippen LogP contribution in [0.25, 0.3) is 0 Å². The van der Waals surface area contributed by atoms with Crippen LogP contribution in [0, 0.1) is 6.92 Å². The number of pyridine rings is 1. The van der Waals surface area contributed by atoms with Crippen molar-refractivity contribution in [2.45, 2.75) is 46.2 Å². The number of carbonyl (C=O) groups excluding carboxylic acids is 1. The normalized spacial score (nSPS) is 12.2. The zero-order chi connectivity index (χ0) is 13.4. The Morgan fingerprint density at radius 2 is 2.22 bits per heavy atom. The largest absolute Gasteiger partial charge is 0.355 e. The zero-order valence-corrected chi connectivity index (χ0v) is 11.5. The number of unbranched alkanes of at least 4 members (excludes halogenated alkanes) is 1. The highest BCUT2D eigenvalue weighted by Gasteiger charge is 2.11. The lowest BCUT2D eigenvalue weighted by Gasteiger charge is -2.13. The van der Waals surface area contributed by atoms with E-state index in [0.717, 1.165) is 30.8 Å². The van der Waals surface area contributed by atoms with Gasteiger partial charge in [0.15, 0.2) is 0 Å². The van der Waals surface area contributed by atoms with Crippen LogP contribution in [0.15, 0.2) is 18.2 Å². The fourth-order valence-electron chi connectivity index (χ4n) is 1.59. The third kappa shape index (κ3) is 5.27. The fourth-order valence-corrected chi connectivity index (χ4v) is 1.59. The van der Waals surface area contributed by atoms with Crippen molar-refractivity contribution in [2.75, 3.05) is 6.54 Å². The summed E-state index contributed by atoms with van der Waals surface area (Å²) in [5, 5.41) is 6.09. The van der Waals surface area contributed by atoms with Crippen molar-refractivity contribution in [1.82, 2.24) is 15.6 Å². The second-order valence-electron chi connectivity index (χ2n) is 4.52. The monoisotopic (exact) mass is 249 g/mol. The molecule has 1 atom stereocenters. The topological polar surface area (TPSA) is 54.0 Å². The molecule has 4 nitrogen and oxygen atoms in total. The van der Waals surface area contributed by atoms with Gasteiger partial charge < -0.3 is 10.6 Å². The Bertz CT molecular complexity index is 379. The number of carbonyl (C=O) groups is 1. The smallest absolute Gasteiger partial charge is 0.236 e. The van der Waals surface area contributed by atoms with Crippen molar-refractivity contribution in [3.8, 4) is 0 Å². The molecule has 0 aliphatic heterocycles. The number of hydrogen-bond donors (Lipinski definition) is 2. The van der Waals surface area contributed by atoms with E-state index in [-0.39, 0.29) is 11.9 Å². The second kappa shape index (κ2) is 7.82. The molecule has 2 N–H and O–H groups in total. The number of nitrogens with one attached hydrogen (secondary N) is 2. The Labute approximate surface area is 109 Å². The van der Waals surface area contributed by atoms with Gasteiger partial charge in [0.25, 0.3) is 0 Å². The lowest BCUT2D eigenvalue weighted by molar-refractivity contribution is -0.122. The van der Waals surface area contributed by atoms with Crippen molar-refractivity contribution < 1.29 is 4.79 Å². The average molecular weight is 249 g/mol. The SMILES string of the molecule is CCCCNC(=O)C(C)NCc1cccc(C)n1. The van der Waals surface area contributed by atoms with E-state index >= 15 is 0 Å². The first kappa shape index (κ1) is 14.6. The van der Waals surface area contributed by atoms with Gasteiger partial charge in [0.1, 0.15) is 0 Å². The molecule has 0 bridgehead atoms. The van der Waals surface area contributed by atoms with Crippen molar-refractivity contribution >= 4 is 5.91 Å². The maximum absolute atomic E-state index is 11.7. The maximum atomic E-state index is 11.7. The standard InChI is InChI=1S/C14H23N3O/c1-4-5-9-15-14(18)12(3)16-10-13-8-6-7-11(2)17-13/h6-8,12,16H,4-5,9-10H2,1-3H3,(H,15,18). The van der Waals surface area contributed by atoms with Gasteiger partial charge in [-0.2, -0.15) is 0 Å². The van der Waals surface area contributed by atoms with Gasteiger partial charge in [-0.25, -0.2) is 0 Å². The molecular weight excluding hydrogens is 226 g/mol. The number of nitrogens with zero attached hydrogens (tertiary/aromatic N) is 1. The molecule has 100 valence electrons. The quantitative estimate of drug-likeness (QED) is 0.724. The summed E-state index contributed by atoms with van der Waals surface area (Å²) < 4.78 is 0. The second-order valence-corrected chi connectivity index (χ2v) is 4.52. The van der Waals surface area contributed by atoms with Gasteiger partial charge in [0.2, 0.25) is 5.91 Å². The van der Waals surface area contributed by atoms with Crippen LogP contribution in [-0.2, 0) is 11.3 Å². The molecule has 1 unspecified atom stereocenters. The van der Waals surface area contributed by atoms with E-state index in [4.69, 9.17) is 0 Å². The van der Waals surface area contributed by atoms with Crippen molar-refractivity contribution in [3.63, 3.8) is 0 Å². The molecule has 1 aromatic heterocycles. The lowest BCUT2D eigenvalue weighted by atomic mass is 10.2. The summed E-state index contributed by atoms with van der Waals surface area (Å²) in [5.74, 6) is 0.0519. The molecule has 0 spiro atoms. The summed E-state index contributed by atoms with van der Waals surface area (Å²) in [6.07, 6.45) is 2.12. The summed E-state index contributed by atoms with van der Waals surface area (Å²) >= 11 is 0. The number of amides is 1. The summed E-state index contributed by atoms with van der Waals surface area (Å²) in [4.78, 5) is 16.1. The van der Waals surface area contributed by atoms with Gasteiger partial charge in [-0.15, -0.1) is 0 Å². The Hall–Kier alpha value is -1.42. The number of aromatic nitrogens is 1. The first-order chi connectivity index (χ1) is 8.63. The Kier molecular flexibility index (Phi) is 6.36. The number of aryl methyl sites for hydroxylation is 1. The molecule has 0 aromatic carbocycles. The van der Waals surface area contributed by atoms with E-state index in [9.17, 15) is 4.79 Å². The predicted octanol–water partition coefficient (Wildman–Crippen LogP) is 1.78. The molecule has 4 heteroatoms. The highest BCUT2D eigenvalue weighted by Crippen LogP contribution is 1.98. The average Bonchev–Trinajstić information content (AvgIpc) is 2.36. The van der Waals surface area contributed by atoms with Gasteiger partial charge >= 0.3 is 0 Å². The van der Waals surface area contributed by atoms with Crippen LogP contribution in [-0.4, -0.2) is 23.5 Å². The van der Waals surface area contributed by atoms with Gasteiger partial charge in [-0.05, 0) is 32.4 Å². The van der Waals surface area contributed by atoms with E-state index in [0.29, 0.717) is 6.54 Å². The summed E-state index contributed by atoms with van der Waals surface area (Å²) in [7, 11) is 0. The molecule has 1 amide bonds. The molecule has 0 saturated heterocycles. The van der Waals surface area contributed by atoms with Crippen molar-refractivity contribution in [1.29, 1.82) is 0 Å². The molecule has 0 radical (unpaired) electrons. The van der Waals surface area contributed by atoms with Gasteiger partial charge in [-0.3, -0.25) is 9.78 Å². The molecule has 0 saturated carbocycles. The third-order valence-electron chi connectivity index (χ3n) is 2.76. The molecule has 18 heavy (non-hydrogen) atoms. The molecular formula is C14H23N3O. The maximum Gasteiger partial charge on any atom is 0.236 e. The highest BCUT2D eigenvalue weighted by molar-refractivity contribution is 5.81. The van der Waals surface area contributed by atoms with E-state index in [1.807, 2.05) is 32.0 Å². The minimum Gasteiger partial charge on any atom is -0.355 e. The Morgan fingerprint density at radius 3 is 2.89 bits per heavy atom. The zero-order valence-electron chi connectivity index (χ0n) is 11.5. The van der Waals surface area contributed by atoms with Crippen LogP contribution in [0.1, 0.15) is 38.1 Å². The van der Waals surface area contributed by atoms with Crippen LogP contribution < -0.4 is 10.6 Å². The van der Waals surface area contributed by atoms with Crippen molar-refractivity contribution in [2.24, 2.45) is 0 Å². The summed E-state index contributed by atoms with van der Waals surface area (Å²) in [6.45, 7) is 7.31. The van der Waals surface area contributed by atoms with Crippen LogP contribution in [0.5, 0.6) is 0 Å². The van der Waals surface area contributed by atoms with Crippen LogP contribution in [0.3, 0.4) is 0 Å². The lowest BCUT2D eigenvalue weighted by Crippen LogP contribution is -2.42. The Morgan fingerprint density at radius 1 is 1.44 bits per heavy atom. The highest BCUT2D eigenvalue weighted by atomic mass is 16.2. The van der Waals surface area contributed by atoms with Crippen LogP contribution >= 0.6 is 0 Å². The van der Waals surface area contributed by atoms with Crippen molar-refractivity contribution in [3.05, 3.63) is 29.6 Å². The Balaban J connectivity index is 2.32. The molecule has 1 heterocycles. The summed E-state index contributed by atoms with van der Waals surface area (Å²) in [5.41, 5.74) is 1.96. The van der Waals surface area contributed by atoms with Gasteiger partial charge in [0, 0.05) is 18.8 Å². The third-order valence-corrected chi connectivity index (χ3v) is 2.76. The van der Waals surface area contributed by atoms with E-state index < -0.39 is 0 Å². The summed E-state index contributed by atoms with van der Waals surface area (Å²) in [6, 6.07) is 5.71. The van der Waals surface area contributed by atoms with Gasteiger partial charge in [0.05, 0.1) is 11.7 Å². The number of rotatable bonds is 7. The van der Waals surface area contributed by atoms with E-state index in [1.165, 1.54) is 0 Å².